The number of nitrogens with zero attached hydrogens (tertiary/aromatic N) is 1. The van der Waals surface area contributed by atoms with Gasteiger partial charge in [-0.15, -0.1) is 0 Å². The minimum atomic E-state index is -3.64. The molecule has 1 saturated heterocycles. The van der Waals surface area contributed by atoms with Crippen LogP contribution >= 0.6 is 0 Å². The van der Waals surface area contributed by atoms with Crippen molar-refractivity contribution in [3.05, 3.63) is 64.7 Å². The molecule has 1 aliphatic heterocycles. The van der Waals surface area contributed by atoms with Crippen LogP contribution in [0, 0.1) is 13.8 Å². The maximum absolute atomic E-state index is 12.5. The van der Waals surface area contributed by atoms with E-state index in [4.69, 9.17) is 4.74 Å². The average Bonchev–Trinajstić information content (AvgIpc) is 2.72. The summed E-state index contributed by atoms with van der Waals surface area (Å²) in [4.78, 5) is 14.8. The van der Waals surface area contributed by atoms with Crippen molar-refractivity contribution >= 4 is 15.9 Å². The Balaban J connectivity index is 1.45. The summed E-state index contributed by atoms with van der Waals surface area (Å²) < 4.78 is 33.1. The van der Waals surface area contributed by atoms with E-state index in [1.54, 1.807) is 19.1 Å². The van der Waals surface area contributed by atoms with Gasteiger partial charge in [0.05, 0.1) is 17.6 Å². The highest BCUT2D eigenvalue weighted by Crippen LogP contribution is 2.16. The van der Waals surface area contributed by atoms with Crippen LogP contribution in [0.5, 0.6) is 0 Å². The molecule has 1 aliphatic rings. The fourth-order valence-corrected chi connectivity index (χ4v) is 5.15. The predicted octanol–water partition coefficient (Wildman–Crippen LogP) is 2.51. The number of amides is 1. The van der Waals surface area contributed by atoms with E-state index in [1.807, 2.05) is 25.1 Å². The predicted molar refractivity (Wildman–Crippen MR) is 125 cm³/mol. The van der Waals surface area contributed by atoms with Crippen LogP contribution in [-0.2, 0) is 32.6 Å². The van der Waals surface area contributed by atoms with E-state index in [9.17, 15) is 13.2 Å². The zero-order valence-corrected chi connectivity index (χ0v) is 19.9. The molecule has 1 unspecified atom stereocenters. The Morgan fingerprint density at radius 2 is 1.94 bits per heavy atom. The summed E-state index contributed by atoms with van der Waals surface area (Å²) in [6, 6.07) is 13.4. The highest BCUT2D eigenvalue weighted by molar-refractivity contribution is 7.89. The Labute approximate surface area is 191 Å². The number of ether oxygens (including phenoxy) is 1. The van der Waals surface area contributed by atoms with Crippen LogP contribution in [0.15, 0.2) is 47.4 Å². The van der Waals surface area contributed by atoms with Gasteiger partial charge >= 0.3 is 0 Å². The summed E-state index contributed by atoms with van der Waals surface area (Å²) in [7, 11) is -3.64. The van der Waals surface area contributed by atoms with Gasteiger partial charge in [-0.2, -0.15) is 0 Å². The molecule has 1 heterocycles. The lowest BCUT2D eigenvalue weighted by molar-refractivity contribution is -0.121. The lowest BCUT2D eigenvalue weighted by Crippen LogP contribution is -2.40. The molecule has 174 valence electrons. The van der Waals surface area contributed by atoms with Crippen molar-refractivity contribution in [1.82, 2.24) is 14.9 Å². The molecule has 2 aromatic carbocycles. The molecule has 0 radical (unpaired) electrons. The first-order valence-corrected chi connectivity index (χ1v) is 12.5. The number of hydrogen-bond acceptors (Lipinski definition) is 5. The normalized spacial score (nSPS) is 17.3. The summed E-state index contributed by atoms with van der Waals surface area (Å²) in [6.07, 6.45) is 0.328. The van der Waals surface area contributed by atoms with Gasteiger partial charge in [-0.3, -0.25) is 9.69 Å². The maximum Gasteiger partial charge on any atom is 0.240 e. The van der Waals surface area contributed by atoms with Gasteiger partial charge in [0.15, 0.2) is 0 Å². The van der Waals surface area contributed by atoms with Gasteiger partial charge in [-0.25, -0.2) is 13.1 Å². The van der Waals surface area contributed by atoms with Gasteiger partial charge in [0, 0.05) is 39.1 Å². The minimum absolute atomic E-state index is 0.0523. The minimum Gasteiger partial charge on any atom is -0.376 e. The molecular formula is C24H33N3O4S. The third-order valence-electron chi connectivity index (χ3n) is 5.48. The highest BCUT2D eigenvalue weighted by atomic mass is 32.2. The zero-order valence-electron chi connectivity index (χ0n) is 19.1. The lowest BCUT2D eigenvalue weighted by Gasteiger charge is -2.31. The van der Waals surface area contributed by atoms with Crippen molar-refractivity contribution in [2.75, 3.05) is 26.2 Å². The smallest absolute Gasteiger partial charge is 0.240 e. The topological polar surface area (TPSA) is 87.7 Å². The molecule has 0 spiro atoms. The van der Waals surface area contributed by atoms with Crippen LogP contribution in [0.1, 0.15) is 35.6 Å². The number of sulfonamides is 1. The third kappa shape index (κ3) is 7.13. The second kappa shape index (κ2) is 11.0. The summed E-state index contributed by atoms with van der Waals surface area (Å²) in [5, 5.41) is 2.87. The molecule has 2 N–H and O–H groups in total. The fraction of sp³-hybridized carbons (Fsp3) is 0.458. The van der Waals surface area contributed by atoms with Crippen molar-refractivity contribution in [2.24, 2.45) is 0 Å². The lowest BCUT2D eigenvalue weighted by atomic mass is 10.1. The van der Waals surface area contributed by atoms with E-state index >= 15 is 0 Å². The molecular weight excluding hydrogens is 426 g/mol. The molecule has 0 bridgehead atoms. The molecule has 1 fully saturated rings. The highest BCUT2D eigenvalue weighted by Gasteiger charge is 2.18. The van der Waals surface area contributed by atoms with Crippen LogP contribution in [0.2, 0.25) is 0 Å². The van der Waals surface area contributed by atoms with Gasteiger partial charge in [-0.05, 0) is 43.5 Å². The first kappa shape index (κ1) is 24.4. The largest absolute Gasteiger partial charge is 0.376 e. The Morgan fingerprint density at radius 1 is 1.16 bits per heavy atom. The molecule has 8 heteroatoms. The average molecular weight is 460 g/mol. The number of nitrogens with one attached hydrogen (secondary N) is 2. The Hall–Kier alpha value is -2.26. The standard InChI is InChI=1S/C24H33N3O4S/c1-18-7-8-23(19(2)13-18)32(29,30)26-10-9-24(28)25-15-21-5-4-6-22(14-21)17-27-11-12-31-20(3)16-27/h4-8,13-14,20,26H,9-12,15-17H2,1-3H3,(H,25,28). The van der Waals surface area contributed by atoms with Crippen LogP contribution in [0.4, 0.5) is 0 Å². The summed E-state index contributed by atoms with van der Waals surface area (Å²) in [5.41, 5.74) is 3.91. The molecule has 1 atom stereocenters. The van der Waals surface area contributed by atoms with Crippen molar-refractivity contribution in [2.45, 2.75) is 51.3 Å². The van der Waals surface area contributed by atoms with Gasteiger partial charge < -0.3 is 10.1 Å². The molecule has 3 rings (SSSR count). The number of carbonyl (C=O) groups excluding carboxylic acids is 1. The van der Waals surface area contributed by atoms with Gasteiger partial charge in [-0.1, -0.05) is 42.0 Å². The molecule has 2 aromatic rings. The van der Waals surface area contributed by atoms with E-state index < -0.39 is 10.0 Å². The molecule has 7 nitrogen and oxygen atoms in total. The second-order valence-corrected chi connectivity index (χ2v) is 10.2. The molecule has 0 aromatic heterocycles. The molecule has 32 heavy (non-hydrogen) atoms. The summed E-state index contributed by atoms with van der Waals surface area (Å²) in [5.74, 6) is -0.194. The number of morpholine rings is 1. The molecule has 0 aliphatic carbocycles. The van der Waals surface area contributed by atoms with E-state index in [0.29, 0.717) is 12.1 Å². The van der Waals surface area contributed by atoms with Gasteiger partial charge in [0.1, 0.15) is 0 Å². The quantitative estimate of drug-likeness (QED) is 0.602. The first-order chi connectivity index (χ1) is 15.2. The Morgan fingerprint density at radius 3 is 2.69 bits per heavy atom. The molecule has 0 saturated carbocycles. The van der Waals surface area contributed by atoms with E-state index in [0.717, 1.165) is 37.4 Å². The summed E-state index contributed by atoms with van der Waals surface area (Å²) >= 11 is 0. The van der Waals surface area contributed by atoms with Crippen molar-refractivity contribution in [1.29, 1.82) is 0 Å². The zero-order chi connectivity index (χ0) is 23.1. The van der Waals surface area contributed by atoms with Crippen molar-refractivity contribution in [3.63, 3.8) is 0 Å². The van der Waals surface area contributed by atoms with E-state index in [-0.39, 0.29) is 29.9 Å². The van der Waals surface area contributed by atoms with Crippen LogP contribution < -0.4 is 10.0 Å². The van der Waals surface area contributed by atoms with Crippen molar-refractivity contribution in [3.8, 4) is 0 Å². The third-order valence-corrected chi connectivity index (χ3v) is 7.10. The number of aryl methyl sites for hydroxylation is 2. The van der Waals surface area contributed by atoms with Crippen molar-refractivity contribution < 1.29 is 17.9 Å². The number of carbonyl (C=O) groups is 1. The van der Waals surface area contributed by atoms with Crippen LogP contribution in [0.3, 0.4) is 0 Å². The first-order valence-electron chi connectivity index (χ1n) is 11.0. The Kier molecular flexibility index (Phi) is 8.42. The number of rotatable bonds is 9. The number of hydrogen-bond donors (Lipinski definition) is 2. The van der Waals surface area contributed by atoms with Crippen LogP contribution in [-0.4, -0.2) is 51.6 Å². The SMILES string of the molecule is Cc1ccc(S(=O)(=O)NCCC(=O)NCc2cccc(CN3CCOC(C)C3)c2)c(C)c1. The second-order valence-electron chi connectivity index (χ2n) is 8.43. The summed E-state index contributed by atoms with van der Waals surface area (Å²) in [6.45, 7) is 9.68. The van der Waals surface area contributed by atoms with Gasteiger partial charge in [0.2, 0.25) is 15.9 Å². The fourth-order valence-electron chi connectivity index (χ4n) is 3.90. The Bertz CT molecular complexity index is 1040. The van der Waals surface area contributed by atoms with E-state index in [2.05, 4.69) is 34.0 Å². The molecule has 1 amide bonds. The monoisotopic (exact) mass is 459 g/mol. The van der Waals surface area contributed by atoms with E-state index in [1.165, 1.54) is 5.56 Å². The van der Waals surface area contributed by atoms with Gasteiger partial charge in [0.25, 0.3) is 0 Å². The van der Waals surface area contributed by atoms with Crippen LogP contribution in [0.25, 0.3) is 0 Å². The number of benzene rings is 2. The maximum atomic E-state index is 12.5.